The number of guanidine groups is 1. The van der Waals surface area contributed by atoms with Gasteiger partial charge in [0.25, 0.3) is 0 Å². The summed E-state index contributed by atoms with van der Waals surface area (Å²) in [6.45, 7) is 0. The molecule has 2 unspecified atom stereocenters. The van der Waals surface area contributed by atoms with Crippen molar-refractivity contribution in [2.24, 2.45) is 22.6 Å². The van der Waals surface area contributed by atoms with Crippen LogP contribution in [0.5, 0.6) is 0 Å². The molecule has 1 aromatic heterocycles. The van der Waals surface area contributed by atoms with Crippen molar-refractivity contribution in [1.29, 1.82) is 0 Å². The summed E-state index contributed by atoms with van der Waals surface area (Å²) in [5.41, 5.74) is 5.94. The Morgan fingerprint density at radius 2 is 2.11 bits per heavy atom. The van der Waals surface area contributed by atoms with Crippen LogP contribution >= 0.6 is 0 Å². The van der Waals surface area contributed by atoms with E-state index < -0.39 is 0 Å². The largest absolute Gasteiger partial charge is 0.370 e. The van der Waals surface area contributed by atoms with Crippen molar-refractivity contribution in [3.8, 4) is 0 Å². The Morgan fingerprint density at radius 3 is 2.84 bits per heavy atom. The standard InChI is InChI=1S/C15H22N4/c16-15(19-14-8-4-5-9-17-14)18-13-10-12(13)11-6-2-1-3-7-11/h4-5,8-9,11-13H,1-3,6-7,10H2,(H3,16,17,18,19). The van der Waals surface area contributed by atoms with E-state index in [4.69, 9.17) is 5.73 Å². The molecular weight excluding hydrogens is 236 g/mol. The molecule has 19 heavy (non-hydrogen) atoms. The maximum atomic E-state index is 5.94. The first kappa shape index (κ1) is 12.5. The first-order valence-corrected chi connectivity index (χ1v) is 7.34. The van der Waals surface area contributed by atoms with E-state index in [1.807, 2.05) is 18.2 Å². The summed E-state index contributed by atoms with van der Waals surface area (Å²) in [5, 5.41) is 3.05. The second-order valence-electron chi connectivity index (χ2n) is 5.72. The number of hydrogen-bond donors (Lipinski definition) is 2. The fourth-order valence-corrected chi connectivity index (χ4v) is 3.20. The van der Waals surface area contributed by atoms with Gasteiger partial charge in [-0.05, 0) is 30.4 Å². The van der Waals surface area contributed by atoms with Gasteiger partial charge in [0, 0.05) is 6.20 Å². The number of aliphatic imine (C=N–C) groups is 1. The molecule has 0 bridgehead atoms. The molecule has 102 valence electrons. The molecule has 2 saturated carbocycles. The van der Waals surface area contributed by atoms with Gasteiger partial charge >= 0.3 is 0 Å². The number of anilines is 1. The minimum atomic E-state index is 0.444. The van der Waals surface area contributed by atoms with Gasteiger partial charge in [0.05, 0.1) is 6.04 Å². The van der Waals surface area contributed by atoms with Crippen LogP contribution in [0.2, 0.25) is 0 Å². The summed E-state index contributed by atoms with van der Waals surface area (Å²) in [4.78, 5) is 8.77. The van der Waals surface area contributed by atoms with Crippen molar-refractivity contribution in [3.63, 3.8) is 0 Å². The van der Waals surface area contributed by atoms with E-state index in [2.05, 4.69) is 15.3 Å². The van der Waals surface area contributed by atoms with Crippen molar-refractivity contribution in [2.75, 3.05) is 5.32 Å². The average molecular weight is 258 g/mol. The lowest BCUT2D eigenvalue weighted by atomic mass is 9.85. The van der Waals surface area contributed by atoms with Crippen LogP contribution in [-0.4, -0.2) is 17.0 Å². The fraction of sp³-hybridized carbons (Fsp3) is 0.600. The monoisotopic (exact) mass is 258 g/mol. The van der Waals surface area contributed by atoms with Crippen LogP contribution in [0.15, 0.2) is 29.4 Å². The van der Waals surface area contributed by atoms with E-state index in [9.17, 15) is 0 Å². The first-order chi connectivity index (χ1) is 9.33. The predicted molar refractivity (Wildman–Crippen MR) is 78.0 cm³/mol. The Labute approximate surface area is 114 Å². The summed E-state index contributed by atoms with van der Waals surface area (Å²) < 4.78 is 0. The van der Waals surface area contributed by atoms with E-state index in [-0.39, 0.29) is 0 Å². The predicted octanol–water partition coefficient (Wildman–Crippen LogP) is 2.78. The summed E-state index contributed by atoms with van der Waals surface area (Å²) in [6.07, 6.45) is 9.97. The van der Waals surface area contributed by atoms with Gasteiger partial charge in [0.15, 0.2) is 5.96 Å². The lowest BCUT2D eigenvalue weighted by Gasteiger charge is -2.21. The fourth-order valence-electron chi connectivity index (χ4n) is 3.20. The average Bonchev–Trinajstić information content (AvgIpc) is 3.20. The van der Waals surface area contributed by atoms with Crippen LogP contribution in [0, 0.1) is 11.8 Å². The van der Waals surface area contributed by atoms with E-state index >= 15 is 0 Å². The van der Waals surface area contributed by atoms with Gasteiger partial charge in [-0.3, -0.25) is 0 Å². The van der Waals surface area contributed by atoms with E-state index in [0.717, 1.165) is 17.7 Å². The number of hydrogen-bond acceptors (Lipinski definition) is 2. The van der Waals surface area contributed by atoms with Crippen LogP contribution in [0.1, 0.15) is 38.5 Å². The highest BCUT2D eigenvalue weighted by Gasteiger charge is 2.43. The highest BCUT2D eigenvalue weighted by Crippen LogP contribution is 2.46. The summed E-state index contributed by atoms with van der Waals surface area (Å²) in [7, 11) is 0. The van der Waals surface area contributed by atoms with Gasteiger partial charge in [0.2, 0.25) is 0 Å². The van der Waals surface area contributed by atoms with Gasteiger partial charge < -0.3 is 11.1 Å². The molecule has 0 spiro atoms. The molecule has 0 radical (unpaired) electrons. The molecule has 2 aliphatic rings. The molecule has 0 aromatic carbocycles. The third kappa shape index (κ3) is 3.25. The number of aromatic nitrogens is 1. The minimum Gasteiger partial charge on any atom is -0.370 e. The third-order valence-electron chi connectivity index (χ3n) is 4.29. The summed E-state index contributed by atoms with van der Waals surface area (Å²) in [6, 6.07) is 6.16. The van der Waals surface area contributed by atoms with Gasteiger partial charge in [-0.15, -0.1) is 0 Å². The Balaban J connectivity index is 1.52. The molecular formula is C15H22N4. The molecule has 0 aliphatic heterocycles. The molecule has 4 nitrogen and oxygen atoms in total. The molecule has 0 amide bonds. The minimum absolute atomic E-state index is 0.444. The van der Waals surface area contributed by atoms with E-state index in [1.54, 1.807) is 6.20 Å². The Bertz CT molecular complexity index is 437. The first-order valence-electron chi connectivity index (χ1n) is 7.34. The zero-order valence-corrected chi connectivity index (χ0v) is 11.3. The quantitative estimate of drug-likeness (QED) is 0.647. The van der Waals surface area contributed by atoms with Crippen LogP contribution < -0.4 is 11.1 Å². The molecule has 2 aliphatic carbocycles. The van der Waals surface area contributed by atoms with Crippen molar-refractivity contribution in [3.05, 3.63) is 24.4 Å². The topological polar surface area (TPSA) is 63.3 Å². The molecule has 4 heteroatoms. The second kappa shape index (κ2) is 5.59. The van der Waals surface area contributed by atoms with Crippen molar-refractivity contribution >= 4 is 11.8 Å². The number of nitrogens with one attached hydrogen (secondary N) is 1. The van der Waals surface area contributed by atoms with E-state index in [1.165, 1.54) is 38.5 Å². The van der Waals surface area contributed by atoms with Crippen molar-refractivity contribution in [2.45, 2.75) is 44.6 Å². The maximum Gasteiger partial charge on any atom is 0.194 e. The zero-order valence-electron chi connectivity index (χ0n) is 11.3. The van der Waals surface area contributed by atoms with Crippen molar-refractivity contribution < 1.29 is 0 Å². The Hall–Kier alpha value is -1.58. The smallest absolute Gasteiger partial charge is 0.194 e. The van der Waals surface area contributed by atoms with Crippen LogP contribution in [-0.2, 0) is 0 Å². The molecule has 1 aromatic rings. The molecule has 2 fully saturated rings. The highest BCUT2D eigenvalue weighted by atomic mass is 15.1. The Morgan fingerprint density at radius 1 is 1.26 bits per heavy atom. The molecule has 1 heterocycles. The van der Waals surface area contributed by atoms with Gasteiger partial charge in [-0.1, -0.05) is 38.2 Å². The SMILES string of the molecule is NC(=NC1CC1C1CCCCC1)Nc1ccccn1. The molecule has 3 rings (SSSR count). The normalized spacial score (nSPS) is 28.1. The summed E-state index contributed by atoms with van der Waals surface area (Å²) >= 11 is 0. The summed E-state index contributed by atoms with van der Waals surface area (Å²) in [5.74, 6) is 2.94. The Kier molecular flexibility index (Phi) is 3.67. The van der Waals surface area contributed by atoms with Crippen LogP contribution in [0.25, 0.3) is 0 Å². The van der Waals surface area contributed by atoms with E-state index in [0.29, 0.717) is 12.0 Å². The molecule has 2 atom stereocenters. The number of rotatable bonds is 3. The number of pyridine rings is 1. The number of nitrogens with two attached hydrogens (primary N) is 1. The van der Waals surface area contributed by atoms with Gasteiger partial charge in [-0.25, -0.2) is 9.98 Å². The van der Waals surface area contributed by atoms with Crippen molar-refractivity contribution in [1.82, 2.24) is 4.98 Å². The molecule has 3 N–H and O–H groups in total. The van der Waals surface area contributed by atoms with Gasteiger partial charge in [-0.2, -0.15) is 0 Å². The highest BCUT2D eigenvalue weighted by molar-refractivity contribution is 5.91. The maximum absolute atomic E-state index is 5.94. The van der Waals surface area contributed by atoms with Crippen LogP contribution in [0.4, 0.5) is 5.82 Å². The van der Waals surface area contributed by atoms with Gasteiger partial charge in [0.1, 0.15) is 5.82 Å². The second-order valence-corrected chi connectivity index (χ2v) is 5.72. The zero-order chi connectivity index (χ0) is 13.1. The lowest BCUT2D eigenvalue weighted by molar-refractivity contribution is 0.318. The molecule has 0 saturated heterocycles. The third-order valence-corrected chi connectivity index (χ3v) is 4.29. The van der Waals surface area contributed by atoms with Crippen LogP contribution in [0.3, 0.4) is 0 Å². The number of nitrogens with zero attached hydrogens (tertiary/aromatic N) is 2. The lowest BCUT2D eigenvalue weighted by Crippen LogP contribution is -2.24.